The molecule has 7 atom stereocenters. The van der Waals surface area contributed by atoms with E-state index in [1.807, 2.05) is 0 Å². The summed E-state index contributed by atoms with van der Waals surface area (Å²) in [7, 11) is 0. The van der Waals surface area contributed by atoms with E-state index in [1.54, 1.807) is 0 Å². The van der Waals surface area contributed by atoms with E-state index >= 15 is 0 Å². The molecule has 0 amide bonds. The van der Waals surface area contributed by atoms with Crippen LogP contribution in [0.15, 0.2) is 0 Å². The molecule has 120 valence electrons. The number of fused-ring (bicyclic) bond motifs is 5. The van der Waals surface area contributed by atoms with Gasteiger partial charge in [0.15, 0.2) is 0 Å². The summed E-state index contributed by atoms with van der Waals surface area (Å²) >= 11 is 0. The van der Waals surface area contributed by atoms with Crippen LogP contribution >= 0.6 is 0 Å². The zero-order chi connectivity index (χ0) is 15.5. The number of hydrogen-bond donors (Lipinski definition) is 1. The zero-order valence-corrected chi connectivity index (χ0v) is 13.7. The molecule has 0 aromatic carbocycles. The van der Waals surface area contributed by atoms with Crippen molar-refractivity contribution in [3.05, 3.63) is 0 Å². The Hall–Kier alpha value is -0.810. The molecule has 4 rings (SSSR count). The second-order valence-electron chi connectivity index (χ2n) is 8.72. The van der Waals surface area contributed by atoms with Gasteiger partial charge in [-0.2, -0.15) is 0 Å². The van der Waals surface area contributed by atoms with Crippen molar-refractivity contribution < 1.29 is 9.90 Å². The van der Waals surface area contributed by atoms with Crippen LogP contribution in [-0.4, -0.2) is 16.5 Å². The Labute approximate surface area is 134 Å². The molecular formula is C20H28O2. The van der Waals surface area contributed by atoms with Crippen molar-refractivity contribution >= 4 is 5.78 Å². The standard InChI is InChI=1S/C20H28O2/c1-3-20(22)11-9-18-17-6-4-13-12-14(21)5-7-15(13)16(17)8-10-19(18,20)2/h1,13,15-18,22H,4-12H2,2H3/t13-,15-,16+,17+,18-,19-,20+/m0/s1. The molecule has 0 bridgehead atoms. The molecule has 4 fully saturated rings. The molecule has 2 heteroatoms. The lowest BCUT2D eigenvalue weighted by Crippen LogP contribution is -2.53. The van der Waals surface area contributed by atoms with E-state index in [4.69, 9.17) is 6.42 Å². The van der Waals surface area contributed by atoms with E-state index in [-0.39, 0.29) is 5.41 Å². The van der Waals surface area contributed by atoms with Gasteiger partial charge < -0.3 is 5.11 Å². The number of ketones is 1. The molecule has 0 aromatic heterocycles. The molecule has 2 nitrogen and oxygen atoms in total. The van der Waals surface area contributed by atoms with Crippen LogP contribution in [0.1, 0.15) is 64.7 Å². The highest BCUT2D eigenvalue weighted by atomic mass is 16.3. The second-order valence-corrected chi connectivity index (χ2v) is 8.72. The maximum absolute atomic E-state index is 11.8. The third kappa shape index (κ3) is 1.81. The number of hydrogen-bond acceptors (Lipinski definition) is 2. The molecule has 0 saturated heterocycles. The van der Waals surface area contributed by atoms with Gasteiger partial charge in [-0.15, -0.1) is 6.42 Å². The Balaban J connectivity index is 1.61. The van der Waals surface area contributed by atoms with Gasteiger partial charge in [0.25, 0.3) is 0 Å². The van der Waals surface area contributed by atoms with Crippen molar-refractivity contribution in [1.82, 2.24) is 0 Å². The molecule has 0 heterocycles. The minimum absolute atomic E-state index is 0.0831. The normalized spacial score (nSPS) is 54.0. The molecular weight excluding hydrogens is 272 g/mol. The van der Waals surface area contributed by atoms with Crippen LogP contribution in [0.3, 0.4) is 0 Å². The third-order valence-electron chi connectivity index (χ3n) is 8.16. The molecule has 0 unspecified atom stereocenters. The Kier molecular flexibility index (Phi) is 3.25. The van der Waals surface area contributed by atoms with Crippen molar-refractivity contribution in [2.75, 3.05) is 0 Å². The van der Waals surface area contributed by atoms with Crippen molar-refractivity contribution in [3.63, 3.8) is 0 Å². The predicted octanol–water partition coefficient (Wildman–Crippen LogP) is 3.57. The van der Waals surface area contributed by atoms with Gasteiger partial charge in [-0.3, -0.25) is 4.79 Å². The van der Waals surface area contributed by atoms with Crippen LogP contribution < -0.4 is 0 Å². The van der Waals surface area contributed by atoms with Gasteiger partial charge in [0.05, 0.1) is 0 Å². The fraction of sp³-hybridized carbons (Fsp3) is 0.850. The van der Waals surface area contributed by atoms with E-state index in [0.29, 0.717) is 17.6 Å². The second kappa shape index (κ2) is 4.84. The molecule has 4 saturated carbocycles. The summed E-state index contributed by atoms with van der Waals surface area (Å²) in [6, 6.07) is 0. The summed E-state index contributed by atoms with van der Waals surface area (Å²) < 4.78 is 0. The van der Waals surface area contributed by atoms with Gasteiger partial charge in [-0.25, -0.2) is 0 Å². The fourth-order valence-electron chi connectivity index (χ4n) is 6.91. The van der Waals surface area contributed by atoms with Gasteiger partial charge in [0.2, 0.25) is 0 Å². The maximum Gasteiger partial charge on any atom is 0.133 e. The summed E-state index contributed by atoms with van der Waals surface area (Å²) in [5.41, 5.74) is -0.970. The first-order valence-corrected chi connectivity index (χ1v) is 9.20. The summed E-state index contributed by atoms with van der Waals surface area (Å²) in [5.74, 6) is 6.76. The van der Waals surface area contributed by atoms with Gasteiger partial charge >= 0.3 is 0 Å². The van der Waals surface area contributed by atoms with E-state index in [2.05, 4.69) is 12.8 Å². The van der Waals surface area contributed by atoms with Crippen LogP contribution in [0, 0.1) is 47.3 Å². The first-order valence-electron chi connectivity index (χ1n) is 9.20. The first-order chi connectivity index (χ1) is 10.5. The van der Waals surface area contributed by atoms with E-state index in [0.717, 1.165) is 56.3 Å². The summed E-state index contributed by atoms with van der Waals surface area (Å²) in [5, 5.41) is 10.9. The quantitative estimate of drug-likeness (QED) is 0.694. The third-order valence-corrected chi connectivity index (χ3v) is 8.16. The van der Waals surface area contributed by atoms with Crippen LogP contribution in [0.5, 0.6) is 0 Å². The van der Waals surface area contributed by atoms with Gasteiger partial charge in [0.1, 0.15) is 11.4 Å². The SMILES string of the molecule is C#C[C@@]1(O)CC[C@H]2[C@@H]3CC[C@H]4CC(=O)CC[C@@H]4[C@H]3CC[C@@]21C. The summed E-state index contributed by atoms with van der Waals surface area (Å²) in [4.78, 5) is 11.8. The molecule has 0 spiro atoms. The molecule has 0 aliphatic heterocycles. The van der Waals surface area contributed by atoms with Gasteiger partial charge in [-0.05, 0) is 74.5 Å². The lowest BCUT2D eigenvalue weighted by atomic mass is 9.49. The average molecular weight is 300 g/mol. The van der Waals surface area contributed by atoms with Crippen molar-refractivity contribution in [2.24, 2.45) is 35.0 Å². The lowest BCUT2D eigenvalue weighted by molar-refractivity contribution is -0.130. The highest BCUT2D eigenvalue weighted by Crippen LogP contribution is 2.65. The maximum atomic E-state index is 11.8. The van der Waals surface area contributed by atoms with E-state index in [9.17, 15) is 9.90 Å². The minimum atomic E-state index is -0.887. The minimum Gasteiger partial charge on any atom is -0.377 e. The molecule has 1 N–H and O–H groups in total. The van der Waals surface area contributed by atoms with Crippen molar-refractivity contribution in [2.45, 2.75) is 70.3 Å². The summed E-state index contributed by atoms with van der Waals surface area (Å²) in [6.07, 6.45) is 15.1. The van der Waals surface area contributed by atoms with Crippen LogP contribution in [0.25, 0.3) is 0 Å². The van der Waals surface area contributed by atoms with E-state index < -0.39 is 5.60 Å². The molecule has 4 aliphatic carbocycles. The monoisotopic (exact) mass is 300 g/mol. The zero-order valence-electron chi connectivity index (χ0n) is 13.7. The Morgan fingerprint density at radius 3 is 2.68 bits per heavy atom. The molecule has 22 heavy (non-hydrogen) atoms. The number of Topliss-reactive ketones (excluding diaryl/α,β-unsaturated/α-hetero) is 1. The van der Waals surface area contributed by atoms with Gasteiger partial charge in [0, 0.05) is 18.3 Å². The molecule has 0 radical (unpaired) electrons. The first kappa shape index (κ1) is 14.8. The van der Waals surface area contributed by atoms with Crippen LogP contribution in [0.2, 0.25) is 0 Å². The average Bonchev–Trinajstić information content (AvgIpc) is 2.79. The predicted molar refractivity (Wildman–Crippen MR) is 85.9 cm³/mol. The Morgan fingerprint density at radius 1 is 1.09 bits per heavy atom. The number of carbonyl (C=O) groups is 1. The highest BCUT2D eigenvalue weighted by Gasteiger charge is 2.62. The fourth-order valence-corrected chi connectivity index (χ4v) is 6.91. The number of aliphatic hydroxyl groups is 1. The topological polar surface area (TPSA) is 37.3 Å². The lowest BCUT2D eigenvalue weighted by Gasteiger charge is -2.56. The number of carbonyl (C=O) groups excluding carboxylic acids is 1. The van der Waals surface area contributed by atoms with Crippen LogP contribution in [0.4, 0.5) is 0 Å². The van der Waals surface area contributed by atoms with E-state index in [1.165, 1.54) is 19.3 Å². The Morgan fingerprint density at radius 2 is 1.91 bits per heavy atom. The molecule has 4 aliphatic rings. The summed E-state index contributed by atoms with van der Waals surface area (Å²) in [6.45, 7) is 2.25. The smallest absolute Gasteiger partial charge is 0.133 e. The largest absolute Gasteiger partial charge is 0.377 e. The molecule has 0 aromatic rings. The van der Waals surface area contributed by atoms with Gasteiger partial charge in [-0.1, -0.05) is 12.8 Å². The highest BCUT2D eigenvalue weighted by molar-refractivity contribution is 5.79. The number of rotatable bonds is 0. The number of terminal acetylenes is 1. The van der Waals surface area contributed by atoms with Crippen molar-refractivity contribution in [1.29, 1.82) is 0 Å². The Bertz CT molecular complexity index is 532. The van der Waals surface area contributed by atoms with Crippen LogP contribution in [-0.2, 0) is 4.79 Å². The van der Waals surface area contributed by atoms with Crippen molar-refractivity contribution in [3.8, 4) is 12.3 Å².